The molecule has 0 saturated carbocycles. The van der Waals surface area contributed by atoms with Crippen molar-refractivity contribution in [2.24, 2.45) is 4.99 Å². The lowest BCUT2D eigenvalue weighted by Gasteiger charge is -2.21. The number of aliphatic imine (C=N–C) groups is 1. The Labute approximate surface area is 130 Å². The molecule has 1 aliphatic heterocycles. The Morgan fingerprint density at radius 1 is 1.05 bits per heavy atom. The van der Waals surface area contributed by atoms with Gasteiger partial charge in [-0.1, -0.05) is 42.5 Å². The molecule has 1 atom stereocenters. The standard InChI is InChI=1S/C18H20N2O2/c1-2-21-15-10-6-7-11-16(15)22-17(18-19-12-13-20-18)14-8-4-3-5-9-14/h3-11,17H,2,12-13H2,1H3,(H,19,20). The van der Waals surface area contributed by atoms with Crippen molar-refractivity contribution in [3.05, 3.63) is 60.2 Å². The minimum atomic E-state index is -0.245. The number of ether oxygens (including phenoxy) is 2. The van der Waals surface area contributed by atoms with Crippen molar-refractivity contribution in [1.29, 1.82) is 0 Å². The summed E-state index contributed by atoms with van der Waals surface area (Å²) in [6.45, 7) is 4.22. The van der Waals surface area contributed by atoms with Crippen molar-refractivity contribution in [1.82, 2.24) is 5.32 Å². The minimum Gasteiger partial charge on any atom is -0.490 e. The Morgan fingerprint density at radius 2 is 1.77 bits per heavy atom. The number of para-hydroxylation sites is 2. The molecule has 22 heavy (non-hydrogen) atoms. The van der Waals surface area contributed by atoms with Crippen LogP contribution in [0, 0.1) is 0 Å². The lowest BCUT2D eigenvalue weighted by molar-refractivity contribution is 0.245. The van der Waals surface area contributed by atoms with Crippen molar-refractivity contribution in [2.45, 2.75) is 13.0 Å². The number of rotatable bonds is 6. The Hall–Kier alpha value is -2.49. The summed E-state index contributed by atoms with van der Waals surface area (Å²) >= 11 is 0. The third-order valence-corrected chi connectivity index (χ3v) is 3.44. The monoisotopic (exact) mass is 296 g/mol. The van der Waals surface area contributed by atoms with Crippen LogP contribution in [0.5, 0.6) is 11.5 Å². The van der Waals surface area contributed by atoms with Crippen LogP contribution < -0.4 is 14.8 Å². The number of amidine groups is 1. The second kappa shape index (κ2) is 6.98. The van der Waals surface area contributed by atoms with E-state index in [1.54, 1.807) is 0 Å². The molecular formula is C18H20N2O2. The molecule has 0 fully saturated rings. The number of hydrogen-bond acceptors (Lipinski definition) is 4. The number of nitrogens with zero attached hydrogens (tertiary/aromatic N) is 1. The van der Waals surface area contributed by atoms with E-state index in [1.165, 1.54) is 0 Å². The molecule has 0 spiro atoms. The predicted molar refractivity (Wildman–Crippen MR) is 87.7 cm³/mol. The van der Waals surface area contributed by atoms with E-state index in [4.69, 9.17) is 9.47 Å². The van der Waals surface area contributed by atoms with E-state index in [0.717, 1.165) is 36.0 Å². The molecular weight excluding hydrogens is 276 g/mol. The van der Waals surface area contributed by atoms with E-state index < -0.39 is 0 Å². The van der Waals surface area contributed by atoms with Crippen LogP contribution in [0.3, 0.4) is 0 Å². The lowest BCUT2D eigenvalue weighted by Crippen LogP contribution is -2.29. The highest BCUT2D eigenvalue weighted by Crippen LogP contribution is 2.31. The van der Waals surface area contributed by atoms with Crippen LogP contribution >= 0.6 is 0 Å². The first kappa shape index (κ1) is 14.4. The Kier molecular flexibility index (Phi) is 4.59. The van der Waals surface area contributed by atoms with Crippen LogP contribution in [0.25, 0.3) is 0 Å². The molecule has 1 unspecified atom stereocenters. The first-order valence-corrected chi connectivity index (χ1v) is 7.60. The van der Waals surface area contributed by atoms with Gasteiger partial charge >= 0.3 is 0 Å². The van der Waals surface area contributed by atoms with E-state index in [1.807, 2.05) is 49.4 Å². The van der Waals surface area contributed by atoms with E-state index in [-0.39, 0.29) is 6.10 Å². The fourth-order valence-electron chi connectivity index (χ4n) is 2.45. The van der Waals surface area contributed by atoms with Crippen molar-refractivity contribution in [2.75, 3.05) is 19.7 Å². The predicted octanol–water partition coefficient (Wildman–Crippen LogP) is 3.21. The van der Waals surface area contributed by atoms with Gasteiger partial charge in [-0.25, -0.2) is 0 Å². The minimum absolute atomic E-state index is 0.245. The van der Waals surface area contributed by atoms with Gasteiger partial charge in [0.2, 0.25) is 0 Å². The summed E-state index contributed by atoms with van der Waals surface area (Å²) in [7, 11) is 0. The molecule has 4 heteroatoms. The van der Waals surface area contributed by atoms with Crippen molar-refractivity contribution in [3.63, 3.8) is 0 Å². The molecule has 0 aromatic heterocycles. The van der Waals surface area contributed by atoms with E-state index in [9.17, 15) is 0 Å². The number of benzene rings is 2. The highest BCUT2D eigenvalue weighted by Gasteiger charge is 2.23. The Bertz CT molecular complexity index is 641. The van der Waals surface area contributed by atoms with Gasteiger partial charge in [0.05, 0.1) is 13.2 Å². The zero-order valence-electron chi connectivity index (χ0n) is 12.7. The third kappa shape index (κ3) is 3.22. The quantitative estimate of drug-likeness (QED) is 0.890. The average Bonchev–Trinajstić information content (AvgIpc) is 3.09. The maximum atomic E-state index is 6.25. The molecule has 114 valence electrons. The largest absolute Gasteiger partial charge is 0.490 e. The number of hydrogen-bond donors (Lipinski definition) is 1. The first-order chi connectivity index (χ1) is 10.9. The molecule has 3 rings (SSSR count). The molecule has 1 N–H and O–H groups in total. The molecule has 0 bridgehead atoms. The van der Waals surface area contributed by atoms with Crippen LogP contribution in [-0.4, -0.2) is 25.5 Å². The van der Waals surface area contributed by atoms with Crippen LogP contribution in [0.1, 0.15) is 18.6 Å². The van der Waals surface area contributed by atoms with Gasteiger partial charge in [-0.3, -0.25) is 4.99 Å². The van der Waals surface area contributed by atoms with Crippen LogP contribution in [0.15, 0.2) is 59.6 Å². The van der Waals surface area contributed by atoms with Gasteiger partial charge in [0.1, 0.15) is 5.84 Å². The molecule has 4 nitrogen and oxygen atoms in total. The molecule has 2 aromatic rings. The molecule has 0 radical (unpaired) electrons. The molecule has 0 amide bonds. The normalized spacial score (nSPS) is 14.9. The van der Waals surface area contributed by atoms with Gasteiger partial charge in [-0.05, 0) is 24.6 Å². The zero-order chi connectivity index (χ0) is 15.2. The Morgan fingerprint density at radius 3 is 2.45 bits per heavy atom. The number of nitrogens with one attached hydrogen (secondary N) is 1. The summed E-state index contributed by atoms with van der Waals surface area (Å²) in [6.07, 6.45) is -0.245. The van der Waals surface area contributed by atoms with Gasteiger partial charge in [0.15, 0.2) is 17.6 Å². The van der Waals surface area contributed by atoms with Gasteiger partial charge < -0.3 is 14.8 Å². The molecule has 0 saturated heterocycles. The summed E-state index contributed by atoms with van der Waals surface area (Å²) in [6, 6.07) is 17.9. The van der Waals surface area contributed by atoms with Crippen LogP contribution in [0.4, 0.5) is 0 Å². The summed E-state index contributed by atoms with van der Waals surface area (Å²) in [5, 5.41) is 3.31. The second-order valence-electron chi connectivity index (χ2n) is 4.98. The topological polar surface area (TPSA) is 42.9 Å². The highest BCUT2D eigenvalue weighted by molar-refractivity contribution is 5.89. The average molecular weight is 296 g/mol. The smallest absolute Gasteiger partial charge is 0.180 e. The van der Waals surface area contributed by atoms with Gasteiger partial charge in [-0.15, -0.1) is 0 Å². The summed E-state index contributed by atoms with van der Waals surface area (Å²) < 4.78 is 11.9. The van der Waals surface area contributed by atoms with Gasteiger partial charge in [0.25, 0.3) is 0 Å². The fraction of sp³-hybridized carbons (Fsp3) is 0.278. The van der Waals surface area contributed by atoms with Crippen LogP contribution in [0.2, 0.25) is 0 Å². The van der Waals surface area contributed by atoms with Crippen LogP contribution in [-0.2, 0) is 0 Å². The highest BCUT2D eigenvalue weighted by atomic mass is 16.5. The molecule has 2 aromatic carbocycles. The van der Waals surface area contributed by atoms with Gasteiger partial charge in [-0.2, -0.15) is 0 Å². The van der Waals surface area contributed by atoms with E-state index >= 15 is 0 Å². The second-order valence-corrected chi connectivity index (χ2v) is 4.98. The maximum absolute atomic E-state index is 6.25. The summed E-state index contributed by atoms with van der Waals surface area (Å²) in [5.41, 5.74) is 1.07. The van der Waals surface area contributed by atoms with Crippen molar-refractivity contribution in [3.8, 4) is 11.5 Å². The fourth-order valence-corrected chi connectivity index (χ4v) is 2.45. The van der Waals surface area contributed by atoms with E-state index in [0.29, 0.717) is 6.61 Å². The lowest BCUT2D eigenvalue weighted by atomic mass is 10.1. The summed E-state index contributed by atoms with van der Waals surface area (Å²) in [5.74, 6) is 2.36. The van der Waals surface area contributed by atoms with Crippen molar-refractivity contribution >= 4 is 5.84 Å². The molecule has 1 heterocycles. The van der Waals surface area contributed by atoms with E-state index in [2.05, 4.69) is 22.4 Å². The Balaban J connectivity index is 1.91. The third-order valence-electron chi connectivity index (χ3n) is 3.44. The SMILES string of the molecule is CCOc1ccccc1OC(C1=NCCN1)c1ccccc1. The molecule has 0 aliphatic carbocycles. The maximum Gasteiger partial charge on any atom is 0.180 e. The first-order valence-electron chi connectivity index (χ1n) is 7.60. The van der Waals surface area contributed by atoms with Gasteiger partial charge in [0, 0.05) is 6.54 Å². The zero-order valence-corrected chi connectivity index (χ0v) is 12.7. The molecule has 1 aliphatic rings. The van der Waals surface area contributed by atoms with Crippen molar-refractivity contribution < 1.29 is 9.47 Å². The summed E-state index contributed by atoms with van der Waals surface area (Å²) in [4.78, 5) is 4.52.